The molecule has 0 spiro atoms. The van der Waals surface area contributed by atoms with Crippen molar-refractivity contribution in [3.05, 3.63) is 36.5 Å². The molecule has 0 aromatic heterocycles. The maximum absolute atomic E-state index is 12.0. The summed E-state index contributed by atoms with van der Waals surface area (Å²) in [6.45, 7) is 0.918. The van der Waals surface area contributed by atoms with Crippen LogP contribution in [0.3, 0.4) is 0 Å². The summed E-state index contributed by atoms with van der Waals surface area (Å²) in [5.74, 6) is -1.21. The second-order valence-corrected chi connectivity index (χ2v) is 10.5. The predicted molar refractivity (Wildman–Crippen MR) is 150 cm³/mol. The molecule has 3 unspecified atom stereocenters. The van der Waals surface area contributed by atoms with Crippen LogP contribution in [0.2, 0.25) is 0 Å². The minimum atomic E-state index is -4.58. The summed E-state index contributed by atoms with van der Waals surface area (Å²) in [6.07, 6.45) is 22.5. The van der Waals surface area contributed by atoms with E-state index in [0.717, 1.165) is 58.3 Å². The molecular weight excluding hydrogens is 527 g/mol. The lowest BCUT2D eigenvalue weighted by Gasteiger charge is -2.20. The molecule has 10 nitrogen and oxygen atoms in total. The molecule has 0 radical (unpaired) electrons. The monoisotopic (exact) mass is 576 g/mol. The van der Waals surface area contributed by atoms with Gasteiger partial charge in [-0.05, 0) is 38.5 Å². The number of ether oxygens (including phenoxy) is 2. The van der Waals surface area contributed by atoms with Crippen molar-refractivity contribution in [1.29, 1.82) is 0 Å². The van der Waals surface area contributed by atoms with E-state index in [1.54, 1.807) is 0 Å². The highest BCUT2D eigenvalue weighted by atomic mass is 31.2. The largest absolute Gasteiger partial charge is 0.472 e. The molecular formula is C28H49O10P. The standard InChI is InChI=1S/C28H49O10P/c1-3-4-5-6-7-8-9-10-11-12-13-14-15-16-17-18-19-20-28(32)38-27(22-30)24-36-39(33,34)35-23-26(21-29)37-25(2)31/h4-5,7-8,10-11,26-27,29-30H,3,6,9,12-24H2,1-2H3,(H,33,34)/b5-4-,8-7-,11-10-. The predicted octanol–water partition coefficient (Wildman–Crippen LogP) is 5.32. The summed E-state index contributed by atoms with van der Waals surface area (Å²) < 4.78 is 31.1. The van der Waals surface area contributed by atoms with Crippen molar-refractivity contribution in [1.82, 2.24) is 0 Å². The van der Waals surface area contributed by atoms with Gasteiger partial charge in [-0.15, -0.1) is 0 Å². The van der Waals surface area contributed by atoms with Crippen molar-refractivity contribution in [2.24, 2.45) is 0 Å². The quantitative estimate of drug-likeness (QED) is 0.0564. The zero-order valence-electron chi connectivity index (χ0n) is 23.6. The van der Waals surface area contributed by atoms with E-state index >= 15 is 0 Å². The summed E-state index contributed by atoms with van der Waals surface area (Å²) in [4.78, 5) is 32.6. The van der Waals surface area contributed by atoms with Gasteiger partial charge in [-0.25, -0.2) is 4.57 Å². The SMILES string of the molecule is CC/C=C\C/C=C\C/C=C\CCCCCCCCCC(=O)OC(CO)COP(=O)(O)OCC(CO)OC(C)=O. The number of allylic oxidation sites excluding steroid dienone is 6. The molecule has 0 fully saturated rings. The van der Waals surface area contributed by atoms with Crippen LogP contribution in [0.1, 0.15) is 90.9 Å². The average Bonchev–Trinajstić information content (AvgIpc) is 2.90. The van der Waals surface area contributed by atoms with E-state index in [1.807, 2.05) is 0 Å². The van der Waals surface area contributed by atoms with Crippen LogP contribution in [0, 0.1) is 0 Å². The average molecular weight is 577 g/mol. The molecule has 0 aliphatic rings. The number of rotatable bonds is 25. The van der Waals surface area contributed by atoms with Crippen LogP contribution in [0.25, 0.3) is 0 Å². The third-order valence-electron chi connectivity index (χ3n) is 5.42. The first-order chi connectivity index (χ1) is 18.7. The van der Waals surface area contributed by atoms with Crippen LogP contribution in [-0.2, 0) is 32.7 Å². The first kappa shape index (κ1) is 37.2. The minimum absolute atomic E-state index is 0.179. The zero-order chi connectivity index (χ0) is 29.2. The molecule has 0 saturated carbocycles. The summed E-state index contributed by atoms with van der Waals surface area (Å²) in [7, 11) is -4.58. The van der Waals surface area contributed by atoms with Gasteiger partial charge in [-0.3, -0.25) is 18.6 Å². The van der Waals surface area contributed by atoms with Crippen LogP contribution >= 0.6 is 7.82 Å². The fourth-order valence-corrected chi connectivity index (χ4v) is 4.15. The maximum atomic E-state index is 12.0. The summed E-state index contributed by atoms with van der Waals surface area (Å²) in [5.41, 5.74) is 0. The number of aliphatic hydroxyl groups is 2. The highest BCUT2D eigenvalue weighted by Crippen LogP contribution is 2.43. The van der Waals surface area contributed by atoms with Crippen molar-refractivity contribution in [3.63, 3.8) is 0 Å². The molecule has 11 heteroatoms. The van der Waals surface area contributed by atoms with Gasteiger partial charge in [0.25, 0.3) is 0 Å². The number of carbonyl (C=O) groups is 2. The normalized spacial score (nSPS) is 15.1. The van der Waals surface area contributed by atoms with E-state index in [1.165, 1.54) is 12.8 Å². The van der Waals surface area contributed by atoms with Gasteiger partial charge >= 0.3 is 19.8 Å². The number of carbonyl (C=O) groups excluding carboxylic acids is 2. The van der Waals surface area contributed by atoms with Gasteiger partial charge in [-0.1, -0.05) is 75.5 Å². The van der Waals surface area contributed by atoms with Crippen molar-refractivity contribution in [3.8, 4) is 0 Å². The molecule has 226 valence electrons. The van der Waals surface area contributed by atoms with Gasteiger partial charge in [0.1, 0.15) is 12.2 Å². The van der Waals surface area contributed by atoms with Gasteiger partial charge in [0.05, 0.1) is 26.4 Å². The van der Waals surface area contributed by atoms with E-state index in [2.05, 4.69) is 52.6 Å². The second kappa shape index (κ2) is 25.2. The number of hydrogen-bond acceptors (Lipinski definition) is 9. The molecule has 0 heterocycles. The molecule has 0 aromatic carbocycles. The molecule has 0 saturated heterocycles. The Morgan fingerprint density at radius 3 is 1.77 bits per heavy atom. The van der Waals surface area contributed by atoms with Crippen LogP contribution in [0.15, 0.2) is 36.5 Å². The van der Waals surface area contributed by atoms with Gasteiger partial charge in [-0.2, -0.15) is 0 Å². The lowest BCUT2D eigenvalue weighted by Crippen LogP contribution is -2.28. The number of esters is 2. The fourth-order valence-electron chi connectivity index (χ4n) is 3.36. The van der Waals surface area contributed by atoms with Crippen LogP contribution in [-0.4, -0.2) is 65.7 Å². The highest BCUT2D eigenvalue weighted by molar-refractivity contribution is 7.47. The lowest BCUT2D eigenvalue weighted by molar-refractivity contribution is -0.153. The van der Waals surface area contributed by atoms with Crippen molar-refractivity contribution in [2.45, 2.75) is 103 Å². The number of phosphoric ester groups is 1. The van der Waals surface area contributed by atoms with Crippen molar-refractivity contribution in [2.75, 3.05) is 26.4 Å². The first-order valence-corrected chi connectivity index (χ1v) is 15.4. The fraction of sp³-hybridized carbons (Fsp3) is 0.714. The third kappa shape index (κ3) is 24.9. The molecule has 0 rings (SSSR count). The van der Waals surface area contributed by atoms with Crippen molar-refractivity contribution < 1.29 is 47.8 Å². The van der Waals surface area contributed by atoms with Gasteiger partial charge in [0, 0.05) is 13.3 Å². The molecule has 39 heavy (non-hydrogen) atoms. The van der Waals surface area contributed by atoms with E-state index in [-0.39, 0.29) is 6.42 Å². The van der Waals surface area contributed by atoms with E-state index < -0.39 is 58.4 Å². The van der Waals surface area contributed by atoms with Crippen LogP contribution in [0.4, 0.5) is 0 Å². The third-order valence-corrected chi connectivity index (χ3v) is 6.37. The van der Waals surface area contributed by atoms with Crippen LogP contribution in [0.5, 0.6) is 0 Å². The Balaban J connectivity index is 3.85. The Bertz CT molecular complexity index is 765. The smallest absolute Gasteiger partial charge is 0.458 e. The topological polar surface area (TPSA) is 149 Å². The van der Waals surface area contributed by atoms with Gasteiger partial charge in [0.15, 0.2) is 0 Å². The second-order valence-electron chi connectivity index (χ2n) is 9.08. The lowest BCUT2D eigenvalue weighted by atomic mass is 10.1. The first-order valence-electron chi connectivity index (χ1n) is 13.9. The molecule has 3 atom stereocenters. The Morgan fingerprint density at radius 2 is 1.23 bits per heavy atom. The maximum Gasteiger partial charge on any atom is 0.472 e. The summed E-state index contributed by atoms with van der Waals surface area (Å²) >= 11 is 0. The Labute approximate surface area is 233 Å². The molecule has 0 aliphatic heterocycles. The molecule has 0 amide bonds. The minimum Gasteiger partial charge on any atom is -0.458 e. The summed E-state index contributed by atoms with van der Waals surface area (Å²) in [5, 5.41) is 18.5. The van der Waals surface area contributed by atoms with Gasteiger partial charge < -0.3 is 24.6 Å². The Hall–Kier alpha value is -1.81. The number of hydrogen-bond donors (Lipinski definition) is 3. The Morgan fingerprint density at radius 1 is 0.744 bits per heavy atom. The zero-order valence-corrected chi connectivity index (χ0v) is 24.5. The van der Waals surface area contributed by atoms with E-state index in [9.17, 15) is 24.2 Å². The number of phosphoric acid groups is 1. The number of unbranched alkanes of at least 4 members (excludes halogenated alkanes) is 7. The van der Waals surface area contributed by atoms with E-state index in [4.69, 9.17) is 14.4 Å². The number of aliphatic hydroxyl groups excluding tert-OH is 2. The highest BCUT2D eigenvalue weighted by Gasteiger charge is 2.27. The van der Waals surface area contributed by atoms with E-state index in [0.29, 0.717) is 6.42 Å². The Kier molecular flexibility index (Phi) is 24.0. The molecule has 0 aromatic rings. The molecule has 0 aliphatic carbocycles. The molecule has 3 N–H and O–H groups in total. The van der Waals surface area contributed by atoms with Crippen molar-refractivity contribution >= 4 is 19.8 Å². The van der Waals surface area contributed by atoms with Gasteiger partial charge in [0.2, 0.25) is 0 Å². The van der Waals surface area contributed by atoms with Crippen LogP contribution < -0.4 is 0 Å². The molecule has 0 bridgehead atoms. The summed E-state index contributed by atoms with van der Waals surface area (Å²) in [6, 6.07) is 0.